The molecule has 0 aliphatic rings. The van der Waals surface area contributed by atoms with Gasteiger partial charge in [0.1, 0.15) is 11.6 Å². The number of aromatic carboxylic acids is 1. The average molecular weight is 358 g/mol. The van der Waals surface area contributed by atoms with Gasteiger partial charge in [-0.15, -0.1) is 5.59 Å². The van der Waals surface area contributed by atoms with Gasteiger partial charge in [0.2, 0.25) is 0 Å². The number of amides is 1. The van der Waals surface area contributed by atoms with E-state index in [2.05, 4.69) is 5.84 Å². The van der Waals surface area contributed by atoms with Crippen LogP contribution in [0.15, 0.2) is 48.5 Å². The van der Waals surface area contributed by atoms with E-state index in [-0.39, 0.29) is 18.8 Å². The number of carbonyl (C=O) groups excluding carboxylic acids is 1. The highest BCUT2D eigenvalue weighted by Gasteiger charge is 2.01. The Hall–Kier alpha value is -2.92. The minimum Gasteiger partial charge on any atom is -0.478 e. The smallest absolute Gasteiger partial charge is 0.335 e. The summed E-state index contributed by atoms with van der Waals surface area (Å²) in [6.07, 6.45) is 0. The second-order valence-electron chi connectivity index (χ2n) is 3.92. The van der Waals surface area contributed by atoms with E-state index in [4.69, 9.17) is 16.2 Å². The van der Waals surface area contributed by atoms with Crippen molar-refractivity contribution < 1.29 is 28.7 Å². The van der Waals surface area contributed by atoms with Crippen molar-refractivity contribution in [3.05, 3.63) is 71.3 Å². The second kappa shape index (κ2) is 13.5. The zero-order chi connectivity index (χ0) is 18.5. The SMILES string of the molecule is C.NNC(=O)c1ccc(F)cc1.NNO.O=C(O)c1ccc(F)cc1. The fraction of sp³-hybridized carbons (Fsp3) is 0.0667. The molecule has 0 aliphatic carbocycles. The number of hydrazine groups is 2. The number of nitrogen functional groups attached to an aromatic ring is 1. The highest BCUT2D eigenvalue weighted by atomic mass is 19.1. The van der Waals surface area contributed by atoms with Crippen LogP contribution in [0.5, 0.6) is 0 Å². The molecule has 0 bridgehead atoms. The molecule has 8 N–H and O–H groups in total. The summed E-state index contributed by atoms with van der Waals surface area (Å²) in [5.74, 6) is 6.73. The molecule has 0 heterocycles. The van der Waals surface area contributed by atoms with Crippen LogP contribution in [0.4, 0.5) is 8.78 Å². The molecule has 0 aliphatic heterocycles. The van der Waals surface area contributed by atoms with Gasteiger partial charge < -0.3 is 10.3 Å². The van der Waals surface area contributed by atoms with Gasteiger partial charge in [0.25, 0.3) is 5.91 Å². The zero-order valence-electron chi connectivity index (χ0n) is 12.2. The van der Waals surface area contributed by atoms with Gasteiger partial charge in [-0.3, -0.25) is 10.2 Å². The maximum Gasteiger partial charge on any atom is 0.335 e. The molecule has 10 heteroatoms. The Bertz CT molecular complexity index is 637. The summed E-state index contributed by atoms with van der Waals surface area (Å²) in [5.41, 5.74) is 3.63. The van der Waals surface area contributed by atoms with Gasteiger partial charge in [-0.05, 0) is 48.5 Å². The zero-order valence-corrected chi connectivity index (χ0v) is 12.2. The van der Waals surface area contributed by atoms with E-state index < -0.39 is 17.7 Å². The Morgan fingerprint density at radius 2 is 1.16 bits per heavy atom. The van der Waals surface area contributed by atoms with Crippen molar-refractivity contribution in [1.29, 1.82) is 0 Å². The quantitative estimate of drug-likeness (QED) is 0.270. The number of carboxylic acid groups (broad SMARTS) is 1. The molecule has 0 atom stereocenters. The lowest BCUT2D eigenvalue weighted by molar-refractivity contribution is 0.0696. The second-order valence-corrected chi connectivity index (χ2v) is 3.92. The summed E-state index contributed by atoms with van der Waals surface area (Å²) in [6, 6.07) is 9.78. The van der Waals surface area contributed by atoms with Crippen molar-refractivity contribution in [2.75, 3.05) is 0 Å². The average Bonchev–Trinajstić information content (AvgIpc) is 2.56. The van der Waals surface area contributed by atoms with E-state index in [1.807, 2.05) is 5.43 Å². The summed E-state index contributed by atoms with van der Waals surface area (Å²) in [5, 5.41) is 15.5. The van der Waals surface area contributed by atoms with Gasteiger partial charge in [0, 0.05) is 5.56 Å². The predicted molar refractivity (Wildman–Crippen MR) is 87.3 cm³/mol. The number of rotatable bonds is 2. The Kier molecular flexibility index (Phi) is 13.2. The molecule has 1 amide bonds. The number of hydrogen-bond acceptors (Lipinski definition) is 6. The summed E-state index contributed by atoms with van der Waals surface area (Å²) >= 11 is 0. The molecule has 8 nitrogen and oxygen atoms in total. The van der Waals surface area contributed by atoms with Crippen LogP contribution in [0.2, 0.25) is 0 Å². The third-order valence-electron chi connectivity index (χ3n) is 2.33. The lowest BCUT2D eigenvalue weighted by Gasteiger charge is -1.97. The topological polar surface area (TPSA) is 151 Å². The number of nitrogens with one attached hydrogen (secondary N) is 2. The number of hydrogen-bond donors (Lipinski definition) is 6. The lowest BCUT2D eigenvalue weighted by atomic mass is 10.2. The highest BCUT2D eigenvalue weighted by Crippen LogP contribution is 2.02. The van der Waals surface area contributed by atoms with Gasteiger partial charge in [-0.2, -0.15) is 0 Å². The van der Waals surface area contributed by atoms with E-state index in [9.17, 15) is 18.4 Å². The Balaban J connectivity index is 0. The minimum absolute atomic E-state index is 0. The molecule has 0 saturated heterocycles. The van der Waals surface area contributed by atoms with E-state index in [0.717, 1.165) is 12.1 Å². The van der Waals surface area contributed by atoms with E-state index >= 15 is 0 Å². The predicted octanol–water partition coefficient (Wildman–Crippen LogP) is 1.43. The van der Waals surface area contributed by atoms with Crippen LogP contribution in [-0.4, -0.2) is 22.2 Å². The first-order valence-electron chi connectivity index (χ1n) is 6.20. The molecule has 138 valence electrons. The van der Waals surface area contributed by atoms with Crippen LogP contribution in [0.25, 0.3) is 0 Å². The fourth-order valence-electron chi connectivity index (χ4n) is 1.28. The normalized spacial score (nSPS) is 8.52. The van der Waals surface area contributed by atoms with Crippen LogP contribution < -0.4 is 22.7 Å². The van der Waals surface area contributed by atoms with Gasteiger partial charge in [-0.1, -0.05) is 7.43 Å². The molecule has 0 unspecified atom stereocenters. The Labute approximate surface area is 143 Å². The maximum atomic E-state index is 12.3. The van der Waals surface area contributed by atoms with Crippen LogP contribution >= 0.6 is 0 Å². The van der Waals surface area contributed by atoms with Crippen LogP contribution in [0, 0.1) is 11.6 Å². The lowest BCUT2D eigenvalue weighted by Crippen LogP contribution is -2.29. The molecule has 0 fully saturated rings. The summed E-state index contributed by atoms with van der Waals surface area (Å²) in [6.45, 7) is 0. The molecule has 2 aromatic rings. The molecule has 0 radical (unpaired) electrons. The van der Waals surface area contributed by atoms with E-state index in [1.165, 1.54) is 42.0 Å². The van der Waals surface area contributed by atoms with Crippen molar-refractivity contribution >= 4 is 11.9 Å². The molecule has 0 spiro atoms. The molecular formula is C15H20F2N4O4. The fourth-order valence-corrected chi connectivity index (χ4v) is 1.28. The number of benzene rings is 2. The largest absolute Gasteiger partial charge is 0.478 e. The minimum atomic E-state index is -1.04. The summed E-state index contributed by atoms with van der Waals surface area (Å²) in [7, 11) is 0. The highest BCUT2D eigenvalue weighted by molar-refractivity contribution is 5.93. The number of halogens is 2. The Morgan fingerprint density at radius 1 is 0.840 bits per heavy atom. The van der Waals surface area contributed by atoms with E-state index in [0.29, 0.717) is 5.56 Å². The monoisotopic (exact) mass is 358 g/mol. The van der Waals surface area contributed by atoms with Crippen LogP contribution in [0.3, 0.4) is 0 Å². The third kappa shape index (κ3) is 10.5. The van der Waals surface area contributed by atoms with Crippen molar-refractivity contribution in [3.8, 4) is 0 Å². The number of nitrogens with two attached hydrogens (primary N) is 2. The maximum absolute atomic E-state index is 12.3. The van der Waals surface area contributed by atoms with Crippen molar-refractivity contribution in [1.82, 2.24) is 11.0 Å². The van der Waals surface area contributed by atoms with Gasteiger partial charge in [0.15, 0.2) is 0 Å². The first-order valence-corrected chi connectivity index (χ1v) is 6.20. The molecular weight excluding hydrogens is 338 g/mol. The number of carboxylic acids is 1. The van der Waals surface area contributed by atoms with Gasteiger partial charge in [-0.25, -0.2) is 25.3 Å². The van der Waals surface area contributed by atoms with E-state index in [1.54, 1.807) is 0 Å². The number of carbonyl (C=O) groups is 2. The van der Waals surface area contributed by atoms with Crippen LogP contribution in [-0.2, 0) is 0 Å². The van der Waals surface area contributed by atoms with Gasteiger partial charge in [0.05, 0.1) is 5.56 Å². The molecule has 2 rings (SSSR count). The molecule has 25 heavy (non-hydrogen) atoms. The Morgan fingerprint density at radius 3 is 1.44 bits per heavy atom. The van der Waals surface area contributed by atoms with Crippen molar-refractivity contribution in [2.24, 2.45) is 11.7 Å². The summed E-state index contributed by atoms with van der Waals surface area (Å²) in [4.78, 5) is 21.0. The molecule has 0 saturated carbocycles. The first kappa shape index (κ1) is 24.3. The van der Waals surface area contributed by atoms with Gasteiger partial charge >= 0.3 is 5.97 Å². The third-order valence-corrected chi connectivity index (χ3v) is 2.33. The van der Waals surface area contributed by atoms with Crippen LogP contribution in [0.1, 0.15) is 28.1 Å². The summed E-state index contributed by atoms with van der Waals surface area (Å²) < 4.78 is 24.4. The standard InChI is InChI=1S/C7H7FN2O.C7H5FO2.CH4.H4N2O/c8-6-3-1-5(2-4-6)7(11)10-9;8-6-3-1-5(2-4-6)7(9)10;;1-2-3/h1-4H,9H2,(H,10,11);1-4H,(H,9,10);1H4;2-3H,1H2. The van der Waals surface area contributed by atoms with Crippen molar-refractivity contribution in [2.45, 2.75) is 7.43 Å². The van der Waals surface area contributed by atoms with Crippen molar-refractivity contribution in [3.63, 3.8) is 0 Å². The first-order chi connectivity index (χ1) is 11.3. The molecule has 2 aromatic carbocycles. The molecule has 0 aromatic heterocycles.